The first-order valence-corrected chi connectivity index (χ1v) is 10.8. The van der Waals surface area contributed by atoms with Gasteiger partial charge >= 0.3 is 0 Å². The molecule has 1 atom stereocenters. The zero-order valence-corrected chi connectivity index (χ0v) is 18.1. The zero-order valence-electron chi connectivity index (χ0n) is 18.1. The van der Waals surface area contributed by atoms with Gasteiger partial charge in [0.05, 0.1) is 7.11 Å². The number of H-pyrrole nitrogens is 1. The Kier molecular flexibility index (Phi) is 6.09. The lowest BCUT2D eigenvalue weighted by molar-refractivity contribution is -0.137. The second-order valence-electron chi connectivity index (χ2n) is 8.14. The minimum absolute atomic E-state index is 0.213. The molecule has 0 bridgehead atoms. The molecule has 5 nitrogen and oxygen atoms in total. The molecule has 1 amide bonds. The molecule has 1 aliphatic rings. The number of fused-ring (bicyclic) bond motifs is 1. The second kappa shape index (κ2) is 8.92. The number of likely N-dealkylation sites (N-methyl/N-ethyl adjacent to an activating group) is 1. The molecular formula is C25H31N3O2. The topological polar surface area (TPSA) is 48.6 Å². The number of rotatable bonds is 6. The number of aromatic nitrogens is 1. The molecule has 5 heteroatoms. The first-order valence-electron chi connectivity index (χ1n) is 10.8. The highest BCUT2D eigenvalue weighted by Gasteiger charge is 2.32. The highest BCUT2D eigenvalue weighted by Crippen LogP contribution is 2.35. The van der Waals surface area contributed by atoms with Crippen LogP contribution < -0.4 is 4.74 Å². The summed E-state index contributed by atoms with van der Waals surface area (Å²) in [6.07, 6.45) is 4.09. The number of carbonyl (C=O) groups is 1. The highest BCUT2D eigenvalue weighted by molar-refractivity contribution is 5.86. The van der Waals surface area contributed by atoms with Crippen molar-refractivity contribution < 1.29 is 9.53 Å². The van der Waals surface area contributed by atoms with Gasteiger partial charge in [0.25, 0.3) is 0 Å². The predicted octanol–water partition coefficient (Wildman–Crippen LogP) is 4.58. The number of ether oxygens (including phenoxy) is 1. The third-order valence-corrected chi connectivity index (χ3v) is 6.46. The summed E-state index contributed by atoms with van der Waals surface area (Å²) in [5, 5.41) is 1.23. The van der Waals surface area contributed by atoms with E-state index in [9.17, 15) is 4.79 Å². The number of nitrogens with one attached hydrogen (secondary N) is 1. The Morgan fingerprint density at radius 1 is 1.20 bits per heavy atom. The quantitative estimate of drug-likeness (QED) is 0.653. The van der Waals surface area contributed by atoms with Crippen molar-refractivity contribution in [3.8, 4) is 5.75 Å². The van der Waals surface area contributed by atoms with Gasteiger partial charge in [-0.25, -0.2) is 0 Å². The van der Waals surface area contributed by atoms with Crippen LogP contribution in [0.4, 0.5) is 0 Å². The van der Waals surface area contributed by atoms with Gasteiger partial charge in [0.2, 0.25) is 5.91 Å². The standard InChI is InChI=1S/C25H31N3O2/c1-4-27(2)24(19-8-6-5-7-9-19)25(29)28-14-12-18(13-15-28)22-17-26-23-11-10-20(30-3)16-21(22)23/h5-11,16-18,24,26H,4,12-15H2,1-3H3. The van der Waals surface area contributed by atoms with E-state index >= 15 is 0 Å². The molecule has 158 valence electrons. The van der Waals surface area contributed by atoms with Gasteiger partial charge in [-0.2, -0.15) is 0 Å². The molecule has 4 rings (SSSR count). The van der Waals surface area contributed by atoms with Gasteiger partial charge < -0.3 is 14.6 Å². The van der Waals surface area contributed by atoms with Gasteiger partial charge in [-0.05, 0) is 61.7 Å². The third-order valence-electron chi connectivity index (χ3n) is 6.46. The highest BCUT2D eigenvalue weighted by atomic mass is 16.5. The smallest absolute Gasteiger partial charge is 0.244 e. The fraction of sp³-hybridized carbons (Fsp3) is 0.400. The van der Waals surface area contributed by atoms with Crippen LogP contribution in [0.5, 0.6) is 5.75 Å². The molecule has 2 aromatic carbocycles. The van der Waals surface area contributed by atoms with Crippen molar-refractivity contribution in [2.75, 3.05) is 33.8 Å². The monoisotopic (exact) mass is 405 g/mol. The summed E-state index contributed by atoms with van der Waals surface area (Å²) < 4.78 is 5.41. The van der Waals surface area contributed by atoms with E-state index in [2.05, 4.69) is 52.2 Å². The lowest BCUT2D eigenvalue weighted by Gasteiger charge is -2.36. The lowest BCUT2D eigenvalue weighted by atomic mass is 9.88. The van der Waals surface area contributed by atoms with Crippen LogP contribution in [0.2, 0.25) is 0 Å². The van der Waals surface area contributed by atoms with E-state index in [1.165, 1.54) is 10.9 Å². The molecule has 1 fully saturated rings. The molecule has 1 aliphatic heterocycles. The van der Waals surface area contributed by atoms with Gasteiger partial charge in [-0.1, -0.05) is 37.3 Å². The van der Waals surface area contributed by atoms with Crippen molar-refractivity contribution in [3.63, 3.8) is 0 Å². The number of piperidine rings is 1. The molecule has 0 radical (unpaired) electrons. The summed E-state index contributed by atoms with van der Waals surface area (Å²) in [4.78, 5) is 21.0. The molecule has 0 aliphatic carbocycles. The molecule has 2 heterocycles. The molecule has 0 saturated carbocycles. The number of likely N-dealkylation sites (tertiary alicyclic amines) is 1. The van der Waals surface area contributed by atoms with E-state index in [1.54, 1.807) is 7.11 Å². The predicted molar refractivity (Wildman–Crippen MR) is 121 cm³/mol. The Hall–Kier alpha value is -2.79. The fourth-order valence-corrected chi connectivity index (χ4v) is 4.57. The van der Waals surface area contributed by atoms with Gasteiger partial charge in [0.15, 0.2) is 0 Å². The summed E-state index contributed by atoms with van der Waals surface area (Å²) >= 11 is 0. The summed E-state index contributed by atoms with van der Waals surface area (Å²) in [6.45, 7) is 4.52. The Morgan fingerprint density at radius 3 is 2.60 bits per heavy atom. The average molecular weight is 406 g/mol. The van der Waals surface area contributed by atoms with Crippen LogP contribution in [0.3, 0.4) is 0 Å². The molecule has 0 spiro atoms. The molecule has 1 unspecified atom stereocenters. The molecule has 1 N–H and O–H groups in total. The second-order valence-corrected chi connectivity index (χ2v) is 8.14. The average Bonchev–Trinajstić information content (AvgIpc) is 3.23. The van der Waals surface area contributed by atoms with Crippen molar-refractivity contribution in [1.82, 2.24) is 14.8 Å². The molecule has 1 saturated heterocycles. The Morgan fingerprint density at radius 2 is 1.93 bits per heavy atom. The Balaban J connectivity index is 1.49. The number of nitrogens with zero attached hydrogens (tertiary/aromatic N) is 2. The van der Waals surface area contributed by atoms with Crippen molar-refractivity contribution >= 4 is 16.8 Å². The maximum atomic E-state index is 13.4. The first-order chi connectivity index (χ1) is 14.6. The summed E-state index contributed by atoms with van der Waals surface area (Å²) in [5.41, 5.74) is 3.54. The number of hydrogen-bond acceptors (Lipinski definition) is 3. The first kappa shape index (κ1) is 20.5. The normalized spacial score (nSPS) is 16.2. The molecular weight excluding hydrogens is 374 g/mol. The van der Waals surface area contributed by atoms with Gasteiger partial charge in [0.1, 0.15) is 11.8 Å². The van der Waals surface area contributed by atoms with Gasteiger partial charge in [-0.15, -0.1) is 0 Å². The number of amides is 1. The van der Waals surface area contributed by atoms with Gasteiger partial charge in [-0.3, -0.25) is 9.69 Å². The van der Waals surface area contributed by atoms with Crippen LogP contribution in [0, 0.1) is 0 Å². The SMILES string of the molecule is CCN(C)C(C(=O)N1CCC(c2c[nH]c3ccc(OC)cc23)CC1)c1ccccc1. The van der Waals surface area contributed by atoms with Crippen molar-refractivity contribution in [1.29, 1.82) is 0 Å². The fourth-order valence-electron chi connectivity index (χ4n) is 4.57. The summed E-state index contributed by atoms with van der Waals surface area (Å²) in [7, 11) is 3.73. The number of aromatic amines is 1. The number of methoxy groups -OCH3 is 1. The minimum Gasteiger partial charge on any atom is -0.497 e. The van der Waals surface area contributed by atoms with E-state index in [-0.39, 0.29) is 11.9 Å². The minimum atomic E-state index is -0.218. The van der Waals surface area contributed by atoms with Crippen LogP contribution >= 0.6 is 0 Å². The van der Waals surface area contributed by atoms with Crippen LogP contribution in [-0.2, 0) is 4.79 Å². The van der Waals surface area contributed by atoms with Crippen LogP contribution in [0.1, 0.15) is 42.9 Å². The van der Waals surface area contributed by atoms with Crippen molar-refractivity contribution in [3.05, 3.63) is 65.9 Å². The maximum Gasteiger partial charge on any atom is 0.244 e. The van der Waals surface area contributed by atoms with Crippen LogP contribution in [0.15, 0.2) is 54.7 Å². The molecule has 1 aromatic heterocycles. The van der Waals surface area contributed by atoms with Crippen LogP contribution in [-0.4, -0.2) is 54.5 Å². The van der Waals surface area contributed by atoms with E-state index < -0.39 is 0 Å². The lowest BCUT2D eigenvalue weighted by Crippen LogP contribution is -2.45. The third kappa shape index (κ3) is 3.94. The summed E-state index contributed by atoms with van der Waals surface area (Å²) in [6, 6.07) is 16.1. The van der Waals surface area contributed by atoms with Crippen molar-refractivity contribution in [2.24, 2.45) is 0 Å². The van der Waals surface area contributed by atoms with E-state index in [1.807, 2.05) is 31.3 Å². The van der Waals surface area contributed by atoms with Gasteiger partial charge in [0, 0.05) is 30.2 Å². The molecule has 30 heavy (non-hydrogen) atoms. The van der Waals surface area contributed by atoms with E-state index in [0.717, 1.165) is 49.3 Å². The number of carbonyl (C=O) groups excluding carboxylic acids is 1. The Bertz CT molecular complexity index is 990. The van der Waals surface area contributed by atoms with Crippen LogP contribution in [0.25, 0.3) is 10.9 Å². The number of hydrogen-bond donors (Lipinski definition) is 1. The largest absolute Gasteiger partial charge is 0.497 e. The maximum absolute atomic E-state index is 13.4. The van der Waals surface area contributed by atoms with Crippen molar-refractivity contribution in [2.45, 2.75) is 31.7 Å². The Labute approximate surface area is 178 Å². The molecule has 3 aromatic rings. The number of benzene rings is 2. The zero-order chi connectivity index (χ0) is 21.1. The van der Waals surface area contributed by atoms with E-state index in [0.29, 0.717) is 5.92 Å². The summed E-state index contributed by atoms with van der Waals surface area (Å²) in [5.74, 6) is 1.54. The van der Waals surface area contributed by atoms with E-state index in [4.69, 9.17) is 4.74 Å².